The van der Waals surface area contributed by atoms with Crippen LogP contribution in [0.5, 0.6) is 0 Å². The Balaban J connectivity index is 1.64. The molecule has 0 N–H and O–H groups in total. The molecule has 0 spiro atoms. The number of benzene rings is 1. The summed E-state index contributed by atoms with van der Waals surface area (Å²) in [6, 6.07) is 6.21. The van der Waals surface area contributed by atoms with E-state index in [1.807, 2.05) is 0 Å². The van der Waals surface area contributed by atoms with Crippen LogP contribution in [0.1, 0.15) is 40.0 Å². The van der Waals surface area contributed by atoms with E-state index in [1.54, 1.807) is 43.3 Å². The predicted octanol–water partition coefficient (Wildman–Crippen LogP) is 0.752. The number of imide groups is 1. The lowest BCUT2D eigenvalue weighted by Gasteiger charge is -2.26. The van der Waals surface area contributed by atoms with Gasteiger partial charge in [-0.3, -0.25) is 24.1 Å². The number of rotatable bonds is 4. The third kappa shape index (κ3) is 3.01. The first-order valence-corrected chi connectivity index (χ1v) is 8.37. The number of likely N-dealkylation sites (tertiary alicyclic amines) is 1. The fourth-order valence-corrected chi connectivity index (χ4v) is 3.41. The highest BCUT2D eigenvalue weighted by molar-refractivity contribution is 6.21. The number of carbonyl (C=O) groups excluding carboxylic acids is 4. The summed E-state index contributed by atoms with van der Waals surface area (Å²) in [5.41, 5.74) is 0.753. The molecule has 7 nitrogen and oxygen atoms in total. The smallest absolute Gasteiger partial charge is 0.261 e. The molecular formula is C18H21N3O4. The first-order chi connectivity index (χ1) is 11.9. The maximum atomic E-state index is 12.5. The van der Waals surface area contributed by atoms with E-state index >= 15 is 0 Å². The summed E-state index contributed by atoms with van der Waals surface area (Å²) in [5.74, 6) is -1.02. The van der Waals surface area contributed by atoms with Crippen LogP contribution in [-0.4, -0.2) is 71.6 Å². The summed E-state index contributed by atoms with van der Waals surface area (Å²) < 4.78 is 0. The van der Waals surface area contributed by atoms with Gasteiger partial charge < -0.3 is 9.80 Å². The minimum atomic E-state index is -0.440. The van der Waals surface area contributed by atoms with Gasteiger partial charge in [0.05, 0.1) is 11.1 Å². The molecule has 2 heterocycles. The van der Waals surface area contributed by atoms with Crippen molar-refractivity contribution in [2.75, 3.05) is 27.2 Å². The van der Waals surface area contributed by atoms with Crippen molar-refractivity contribution in [3.63, 3.8) is 0 Å². The first kappa shape index (κ1) is 17.1. The molecule has 25 heavy (non-hydrogen) atoms. The zero-order valence-corrected chi connectivity index (χ0v) is 14.4. The predicted molar refractivity (Wildman–Crippen MR) is 89.9 cm³/mol. The molecule has 0 aliphatic carbocycles. The van der Waals surface area contributed by atoms with Crippen molar-refractivity contribution in [3.8, 4) is 0 Å². The molecule has 1 aromatic carbocycles. The Morgan fingerprint density at radius 2 is 1.72 bits per heavy atom. The highest BCUT2D eigenvalue weighted by Gasteiger charge is 2.37. The van der Waals surface area contributed by atoms with Gasteiger partial charge in [0.25, 0.3) is 11.8 Å². The van der Waals surface area contributed by atoms with Crippen LogP contribution >= 0.6 is 0 Å². The molecule has 1 fully saturated rings. The molecule has 0 saturated carbocycles. The van der Waals surface area contributed by atoms with Crippen molar-refractivity contribution in [3.05, 3.63) is 35.4 Å². The summed E-state index contributed by atoms with van der Waals surface area (Å²) in [7, 11) is 3.34. The third-order valence-corrected chi connectivity index (χ3v) is 4.73. The molecule has 7 heteroatoms. The Morgan fingerprint density at radius 3 is 2.28 bits per heavy atom. The Kier molecular flexibility index (Phi) is 4.57. The number of hydrogen-bond acceptors (Lipinski definition) is 4. The zero-order valence-electron chi connectivity index (χ0n) is 14.4. The van der Waals surface area contributed by atoms with E-state index in [-0.39, 0.29) is 36.6 Å². The van der Waals surface area contributed by atoms with E-state index in [0.717, 1.165) is 11.3 Å². The van der Waals surface area contributed by atoms with Gasteiger partial charge in [0.1, 0.15) is 6.04 Å². The Labute approximate surface area is 146 Å². The minimum absolute atomic E-state index is 0.0304. The highest BCUT2D eigenvalue weighted by Crippen LogP contribution is 2.24. The fraction of sp³-hybridized carbons (Fsp3) is 0.444. The van der Waals surface area contributed by atoms with Gasteiger partial charge in [-0.1, -0.05) is 12.1 Å². The largest absolute Gasteiger partial charge is 0.347 e. The van der Waals surface area contributed by atoms with Gasteiger partial charge in [-0.25, -0.2) is 0 Å². The highest BCUT2D eigenvalue weighted by atomic mass is 16.2. The second-order valence-electron chi connectivity index (χ2n) is 6.54. The molecule has 0 unspecified atom stereocenters. The van der Waals surface area contributed by atoms with Crippen molar-refractivity contribution in [2.45, 2.75) is 25.3 Å². The molecule has 0 radical (unpaired) electrons. The van der Waals surface area contributed by atoms with E-state index in [1.165, 1.54) is 4.90 Å². The normalized spacial score (nSPS) is 19.4. The summed E-state index contributed by atoms with van der Waals surface area (Å²) in [6.07, 6.45) is 1.46. The van der Waals surface area contributed by atoms with Crippen LogP contribution in [0.15, 0.2) is 24.3 Å². The molecule has 0 aromatic heterocycles. The fourth-order valence-electron chi connectivity index (χ4n) is 3.41. The Morgan fingerprint density at radius 1 is 1.12 bits per heavy atom. The average Bonchev–Trinajstić information content (AvgIpc) is 3.17. The van der Waals surface area contributed by atoms with Gasteiger partial charge in [0, 0.05) is 33.6 Å². The molecule has 3 rings (SSSR count). The topological polar surface area (TPSA) is 78.0 Å². The Hall–Kier alpha value is -2.70. The standard InChI is InChI=1S/C18H21N3O4/c1-19(2)18(25)14-8-5-10-20(14)15(22)9-11-21-16(23)12-6-3-4-7-13(12)17(21)24/h3-4,6-7,14H,5,8-11H2,1-2H3/t14-/m0/s1. The number of fused-ring (bicyclic) bond motifs is 1. The summed E-state index contributed by atoms with van der Waals surface area (Å²) in [5, 5.41) is 0. The van der Waals surface area contributed by atoms with Gasteiger partial charge >= 0.3 is 0 Å². The molecule has 132 valence electrons. The second kappa shape index (κ2) is 6.66. The Bertz CT molecular complexity index is 709. The van der Waals surface area contributed by atoms with Crippen molar-refractivity contribution in [1.29, 1.82) is 0 Å². The number of carbonyl (C=O) groups is 4. The van der Waals surface area contributed by atoms with Crippen LogP contribution in [0.3, 0.4) is 0 Å². The van der Waals surface area contributed by atoms with E-state index < -0.39 is 6.04 Å². The van der Waals surface area contributed by atoms with Crippen LogP contribution in [-0.2, 0) is 9.59 Å². The van der Waals surface area contributed by atoms with E-state index in [4.69, 9.17) is 0 Å². The zero-order chi connectivity index (χ0) is 18.1. The molecule has 1 atom stereocenters. The van der Waals surface area contributed by atoms with Gasteiger partial charge in [0.15, 0.2) is 0 Å². The SMILES string of the molecule is CN(C)C(=O)[C@@H]1CCCN1C(=O)CCN1C(=O)c2ccccc2C1=O. The molecule has 4 amide bonds. The molecule has 2 aliphatic heterocycles. The lowest BCUT2D eigenvalue weighted by atomic mass is 10.1. The molecule has 0 bridgehead atoms. The maximum Gasteiger partial charge on any atom is 0.261 e. The van der Waals surface area contributed by atoms with Crippen LogP contribution < -0.4 is 0 Å². The summed E-state index contributed by atoms with van der Waals surface area (Å²) in [4.78, 5) is 53.5. The molecule has 1 saturated heterocycles. The number of likely N-dealkylation sites (N-methyl/N-ethyl adjacent to an activating group) is 1. The summed E-state index contributed by atoms with van der Waals surface area (Å²) in [6.45, 7) is 0.565. The number of hydrogen-bond donors (Lipinski definition) is 0. The molecular weight excluding hydrogens is 322 g/mol. The van der Waals surface area contributed by atoms with Crippen LogP contribution in [0.25, 0.3) is 0 Å². The van der Waals surface area contributed by atoms with Crippen molar-refractivity contribution < 1.29 is 19.2 Å². The molecule has 2 aliphatic rings. The lowest BCUT2D eigenvalue weighted by Crippen LogP contribution is -2.46. The first-order valence-electron chi connectivity index (χ1n) is 8.37. The third-order valence-electron chi connectivity index (χ3n) is 4.73. The van der Waals surface area contributed by atoms with E-state index in [2.05, 4.69) is 0 Å². The summed E-state index contributed by atoms with van der Waals surface area (Å²) >= 11 is 0. The number of amides is 4. The van der Waals surface area contributed by atoms with Crippen LogP contribution in [0.2, 0.25) is 0 Å². The maximum absolute atomic E-state index is 12.5. The number of nitrogens with zero attached hydrogens (tertiary/aromatic N) is 3. The van der Waals surface area contributed by atoms with Gasteiger partial charge in [-0.15, -0.1) is 0 Å². The van der Waals surface area contributed by atoms with Gasteiger partial charge in [-0.05, 0) is 25.0 Å². The minimum Gasteiger partial charge on any atom is -0.347 e. The average molecular weight is 343 g/mol. The molecule has 1 aromatic rings. The van der Waals surface area contributed by atoms with Gasteiger partial charge in [-0.2, -0.15) is 0 Å². The van der Waals surface area contributed by atoms with E-state index in [9.17, 15) is 19.2 Å². The van der Waals surface area contributed by atoms with Crippen molar-refractivity contribution >= 4 is 23.6 Å². The second-order valence-corrected chi connectivity index (χ2v) is 6.54. The monoisotopic (exact) mass is 343 g/mol. The van der Waals surface area contributed by atoms with Crippen LogP contribution in [0, 0.1) is 0 Å². The van der Waals surface area contributed by atoms with Crippen molar-refractivity contribution in [2.24, 2.45) is 0 Å². The van der Waals surface area contributed by atoms with Crippen LogP contribution in [0.4, 0.5) is 0 Å². The van der Waals surface area contributed by atoms with Gasteiger partial charge in [0.2, 0.25) is 11.8 Å². The quantitative estimate of drug-likeness (QED) is 0.756. The van der Waals surface area contributed by atoms with E-state index in [0.29, 0.717) is 24.1 Å². The lowest BCUT2D eigenvalue weighted by molar-refractivity contribution is -0.142. The van der Waals surface area contributed by atoms with Crippen molar-refractivity contribution in [1.82, 2.24) is 14.7 Å².